The maximum atomic E-state index is 12.6. The summed E-state index contributed by atoms with van der Waals surface area (Å²) in [6.07, 6.45) is 5.73. The molecule has 3 rings (SSSR count). The minimum Gasteiger partial charge on any atom is -0.326 e. The van der Waals surface area contributed by atoms with Crippen LogP contribution in [0.1, 0.15) is 31.2 Å². The van der Waals surface area contributed by atoms with Gasteiger partial charge in [-0.25, -0.2) is 8.42 Å². The first-order chi connectivity index (χ1) is 12.9. The van der Waals surface area contributed by atoms with Gasteiger partial charge in [-0.05, 0) is 61.9 Å². The van der Waals surface area contributed by atoms with E-state index in [0.717, 1.165) is 30.5 Å². The van der Waals surface area contributed by atoms with Gasteiger partial charge in [0.25, 0.3) is 0 Å². The van der Waals surface area contributed by atoms with E-state index in [1.54, 1.807) is 18.3 Å². The molecular weight excluding hydrogens is 362 g/mol. The van der Waals surface area contributed by atoms with Crippen molar-refractivity contribution in [2.24, 2.45) is 5.92 Å². The Morgan fingerprint density at radius 1 is 1.22 bits per heavy atom. The molecule has 1 aliphatic rings. The maximum Gasteiger partial charge on any atom is 0.244 e. The molecule has 2 heterocycles. The molecule has 1 amide bonds. The monoisotopic (exact) mass is 387 g/mol. The van der Waals surface area contributed by atoms with Crippen LogP contribution in [0.15, 0.2) is 53.7 Å². The Morgan fingerprint density at radius 2 is 2.00 bits per heavy atom. The minimum atomic E-state index is -3.47. The summed E-state index contributed by atoms with van der Waals surface area (Å²) in [7, 11) is -3.47. The Bertz CT molecular complexity index is 876. The van der Waals surface area contributed by atoms with Gasteiger partial charge in [-0.1, -0.05) is 12.1 Å². The van der Waals surface area contributed by atoms with Crippen LogP contribution in [-0.4, -0.2) is 36.7 Å². The van der Waals surface area contributed by atoms with Crippen LogP contribution in [0, 0.1) is 12.8 Å². The van der Waals surface area contributed by atoms with Crippen molar-refractivity contribution in [2.45, 2.75) is 37.5 Å². The molecule has 0 spiro atoms. The quantitative estimate of drug-likeness (QED) is 0.825. The summed E-state index contributed by atoms with van der Waals surface area (Å²) in [6.45, 7) is 2.96. The molecule has 1 aliphatic heterocycles. The zero-order valence-corrected chi connectivity index (χ0v) is 16.3. The molecule has 2 aromatic rings. The maximum absolute atomic E-state index is 12.6. The van der Waals surface area contributed by atoms with Gasteiger partial charge in [0.15, 0.2) is 0 Å². The first kappa shape index (κ1) is 19.5. The van der Waals surface area contributed by atoms with Crippen LogP contribution in [-0.2, 0) is 14.8 Å². The van der Waals surface area contributed by atoms with Crippen molar-refractivity contribution in [3.05, 3.63) is 54.4 Å². The normalized spacial score (nSPS) is 16.2. The average Bonchev–Trinajstić information content (AvgIpc) is 2.67. The van der Waals surface area contributed by atoms with Crippen LogP contribution >= 0.6 is 0 Å². The molecule has 1 aromatic carbocycles. The predicted molar refractivity (Wildman–Crippen MR) is 105 cm³/mol. The Morgan fingerprint density at radius 3 is 2.67 bits per heavy atom. The molecule has 144 valence electrons. The number of nitrogens with zero attached hydrogens (tertiary/aromatic N) is 2. The number of anilines is 1. The van der Waals surface area contributed by atoms with E-state index in [1.165, 1.54) is 10.5 Å². The van der Waals surface area contributed by atoms with Crippen molar-refractivity contribution in [2.75, 3.05) is 18.4 Å². The largest absolute Gasteiger partial charge is 0.326 e. The van der Waals surface area contributed by atoms with Crippen molar-refractivity contribution in [3.63, 3.8) is 0 Å². The minimum absolute atomic E-state index is 0.00557. The van der Waals surface area contributed by atoms with E-state index in [4.69, 9.17) is 0 Å². The predicted octanol–water partition coefficient (Wildman–Crippen LogP) is 3.21. The number of rotatable bonds is 6. The third-order valence-electron chi connectivity index (χ3n) is 4.93. The van der Waals surface area contributed by atoms with Crippen molar-refractivity contribution in [1.29, 1.82) is 0 Å². The molecule has 1 aromatic heterocycles. The van der Waals surface area contributed by atoms with Gasteiger partial charge in [-0.3, -0.25) is 9.78 Å². The van der Waals surface area contributed by atoms with Crippen LogP contribution in [0.2, 0.25) is 0 Å². The van der Waals surface area contributed by atoms with Crippen molar-refractivity contribution < 1.29 is 13.2 Å². The summed E-state index contributed by atoms with van der Waals surface area (Å²) in [5.41, 5.74) is 1.92. The highest BCUT2D eigenvalue weighted by Crippen LogP contribution is 2.26. The summed E-state index contributed by atoms with van der Waals surface area (Å²) in [5, 5.41) is 2.92. The standard InChI is InChI=1S/C20H25N3O3S/c1-16-4-2-5-18(14-16)22-20(24)8-7-17-9-12-23(13-10-17)27(25,26)19-6-3-11-21-15-19/h2-6,11,14-15,17H,7-10,12-13H2,1H3,(H,22,24). The second-order valence-electron chi connectivity index (χ2n) is 6.99. The Labute approximate surface area is 160 Å². The number of hydrogen-bond acceptors (Lipinski definition) is 4. The zero-order valence-electron chi connectivity index (χ0n) is 15.5. The molecule has 1 saturated heterocycles. The molecule has 0 atom stereocenters. The number of sulfonamides is 1. The third-order valence-corrected chi connectivity index (χ3v) is 6.81. The van der Waals surface area contributed by atoms with Gasteiger partial charge in [0, 0.05) is 37.6 Å². The number of amides is 1. The number of aryl methyl sites for hydroxylation is 1. The van der Waals surface area contributed by atoms with E-state index in [1.807, 2.05) is 31.2 Å². The number of pyridine rings is 1. The van der Waals surface area contributed by atoms with Crippen molar-refractivity contribution in [1.82, 2.24) is 9.29 Å². The van der Waals surface area contributed by atoms with E-state index in [2.05, 4.69) is 10.3 Å². The molecule has 0 unspecified atom stereocenters. The molecule has 6 nitrogen and oxygen atoms in total. The first-order valence-electron chi connectivity index (χ1n) is 9.22. The first-order valence-corrected chi connectivity index (χ1v) is 10.7. The van der Waals surface area contributed by atoms with Crippen LogP contribution in [0.5, 0.6) is 0 Å². The molecule has 0 aliphatic carbocycles. The van der Waals surface area contributed by atoms with E-state index in [0.29, 0.717) is 25.4 Å². The number of aromatic nitrogens is 1. The summed E-state index contributed by atoms with van der Waals surface area (Å²) in [5.74, 6) is 0.375. The molecule has 0 radical (unpaired) electrons. The van der Waals surface area contributed by atoms with Crippen LogP contribution in [0.3, 0.4) is 0 Å². The fourth-order valence-electron chi connectivity index (χ4n) is 3.37. The number of hydrogen-bond donors (Lipinski definition) is 1. The summed E-state index contributed by atoms with van der Waals surface area (Å²) in [6, 6.07) is 10.9. The second-order valence-corrected chi connectivity index (χ2v) is 8.93. The van der Waals surface area contributed by atoms with E-state index in [9.17, 15) is 13.2 Å². The van der Waals surface area contributed by atoms with Crippen LogP contribution in [0.4, 0.5) is 5.69 Å². The lowest BCUT2D eigenvalue weighted by Crippen LogP contribution is -2.38. The smallest absolute Gasteiger partial charge is 0.244 e. The van der Waals surface area contributed by atoms with Crippen molar-refractivity contribution in [3.8, 4) is 0 Å². The summed E-state index contributed by atoms with van der Waals surface area (Å²) < 4.78 is 26.7. The number of carbonyl (C=O) groups is 1. The fourth-order valence-corrected chi connectivity index (χ4v) is 4.80. The number of benzene rings is 1. The zero-order chi connectivity index (χ0) is 19.3. The van der Waals surface area contributed by atoms with Crippen molar-refractivity contribution >= 4 is 21.6 Å². The average molecular weight is 388 g/mol. The van der Waals surface area contributed by atoms with E-state index < -0.39 is 10.0 Å². The third kappa shape index (κ3) is 5.14. The van der Waals surface area contributed by atoms with Crippen LogP contribution < -0.4 is 5.32 Å². The molecule has 7 heteroatoms. The fraction of sp³-hybridized carbons (Fsp3) is 0.400. The summed E-state index contributed by atoms with van der Waals surface area (Å²) >= 11 is 0. The number of carbonyl (C=O) groups excluding carboxylic acids is 1. The van der Waals surface area contributed by atoms with Gasteiger partial charge >= 0.3 is 0 Å². The van der Waals surface area contributed by atoms with E-state index >= 15 is 0 Å². The molecule has 1 N–H and O–H groups in total. The van der Waals surface area contributed by atoms with Gasteiger partial charge in [-0.2, -0.15) is 4.31 Å². The van der Waals surface area contributed by atoms with Gasteiger partial charge < -0.3 is 5.32 Å². The van der Waals surface area contributed by atoms with E-state index in [-0.39, 0.29) is 10.8 Å². The molecule has 27 heavy (non-hydrogen) atoms. The Kier molecular flexibility index (Phi) is 6.23. The SMILES string of the molecule is Cc1cccc(NC(=O)CCC2CCN(S(=O)(=O)c3cccnc3)CC2)c1. The number of nitrogens with one attached hydrogen (secondary N) is 1. The second kappa shape index (κ2) is 8.63. The molecule has 0 bridgehead atoms. The molecule has 1 fully saturated rings. The van der Waals surface area contributed by atoms with Crippen LogP contribution in [0.25, 0.3) is 0 Å². The highest BCUT2D eigenvalue weighted by Gasteiger charge is 2.29. The lowest BCUT2D eigenvalue weighted by Gasteiger charge is -2.31. The number of piperidine rings is 1. The van der Waals surface area contributed by atoms with Gasteiger partial charge in [0.05, 0.1) is 0 Å². The highest BCUT2D eigenvalue weighted by atomic mass is 32.2. The van der Waals surface area contributed by atoms with Gasteiger partial charge in [-0.15, -0.1) is 0 Å². The lowest BCUT2D eigenvalue weighted by molar-refractivity contribution is -0.116. The molecule has 0 saturated carbocycles. The van der Waals surface area contributed by atoms with Gasteiger partial charge in [0.1, 0.15) is 4.90 Å². The Hall–Kier alpha value is -2.25. The van der Waals surface area contributed by atoms with Gasteiger partial charge in [0.2, 0.25) is 15.9 Å². The lowest BCUT2D eigenvalue weighted by atomic mass is 9.93. The topological polar surface area (TPSA) is 79.4 Å². The summed E-state index contributed by atoms with van der Waals surface area (Å²) in [4.78, 5) is 16.3. The Balaban J connectivity index is 1.46. The highest BCUT2D eigenvalue weighted by molar-refractivity contribution is 7.89. The molecular formula is C20H25N3O3S.